The number of nitrogens with one attached hydrogen (secondary N) is 3. The van der Waals surface area contributed by atoms with Crippen LogP contribution in [0.25, 0.3) is 0 Å². The summed E-state index contributed by atoms with van der Waals surface area (Å²) in [7, 11) is 0. The van der Waals surface area contributed by atoms with Gasteiger partial charge >= 0.3 is 0 Å². The maximum absolute atomic E-state index is 13.8. The van der Waals surface area contributed by atoms with Crippen molar-refractivity contribution in [3.8, 4) is 0 Å². The van der Waals surface area contributed by atoms with Gasteiger partial charge < -0.3 is 21.1 Å². The molecule has 0 bridgehead atoms. The van der Waals surface area contributed by atoms with Crippen LogP contribution in [-0.2, 0) is 35.5 Å². The predicted molar refractivity (Wildman–Crippen MR) is 149 cm³/mol. The van der Waals surface area contributed by atoms with Crippen LogP contribution in [0.1, 0.15) is 29.2 Å². The minimum atomic E-state index is -1.02. The van der Waals surface area contributed by atoms with Crippen molar-refractivity contribution in [2.24, 2.45) is 0 Å². The highest BCUT2D eigenvalue weighted by molar-refractivity contribution is 8.00. The fraction of sp³-hybridized carbons (Fsp3) is 0.345. The molecule has 0 fully saturated rings. The number of aryl methyl sites for hydroxylation is 1. The van der Waals surface area contributed by atoms with Crippen molar-refractivity contribution in [2.45, 2.75) is 45.0 Å². The summed E-state index contributed by atoms with van der Waals surface area (Å²) in [6.07, 6.45) is 3.21. The molecule has 2 aromatic carbocycles. The van der Waals surface area contributed by atoms with Gasteiger partial charge in [0.2, 0.25) is 11.8 Å². The van der Waals surface area contributed by atoms with Gasteiger partial charge in [-0.25, -0.2) is 8.78 Å². The number of hydrogen-bond acceptors (Lipinski definition) is 6. The summed E-state index contributed by atoms with van der Waals surface area (Å²) in [5, 5.41) is 19.6. The van der Waals surface area contributed by atoms with Crippen molar-refractivity contribution in [1.82, 2.24) is 20.9 Å². The summed E-state index contributed by atoms with van der Waals surface area (Å²) in [4.78, 5) is 28.7. The lowest BCUT2D eigenvalue weighted by molar-refractivity contribution is -0.120. The number of carbonyl (C=O) groups is 2. The van der Waals surface area contributed by atoms with E-state index in [4.69, 9.17) is 0 Å². The van der Waals surface area contributed by atoms with Gasteiger partial charge in [0, 0.05) is 38.1 Å². The van der Waals surface area contributed by atoms with Gasteiger partial charge in [0.05, 0.1) is 23.7 Å². The average Bonchev–Trinajstić information content (AvgIpc) is 2.91. The van der Waals surface area contributed by atoms with E-state index in [0.717, 1.165) is 35.4 Å². The summed E-state index contributed by atoms with van der Waals surface area (Å²) in [5.41, 5.74) is 3.50. The molecule has 1 heterocycles. The second-order valence-corrected chi connectivity index (χ2v) is 10.1. The molecule has 1 aromatic heterocycles. The number of nitrogens with zero attached hydrogens (tertiary/aromatic N) is 1. The Morgan fingerprint density at radius 1 is 0.897 bits per heavy atom. The first-order valence-corrected chi connectivity index (χ1v) is 13.9. The highest BCUT2D eigenvalue weighted by Gasteiger charge is 2.22. The van der Waals surface area contributed by atoms with E-state index in [1.807, 2.05) is 18.2 Å². The first-order valence-electron chi connectivity index (χ1n) is 12.8. The van der Waals surface area contributed by atoms with Gasteiger partial charge in [-0.3, -0.25) is 14.6 Å². The number of halogens is 2. The fourth-order valence-corrected chi connectivity index (χ4v) is 4.63. The first-order chi connectivity index (χ1) is 18.8. The van der Waals surface area contributed by atoms with Gasteiger partial charge in [0.15, 0.2) is 0 Å². The Morgan fingerprint density at radius 3 is 2.31 bits per heavy atom. The third-order valence-corrected chi connectivity index (χ3v) is 6.91. The molecule has 0 unspecified atom stereocenters. The molecule has 208 valence electrons. The Balaban J connectivity index is 1.52. The van der Waals surface area contributed by atoms with Crippen LogP contribution in [0.2, 0.25) is 0 Å². The number of hydrogen-bond donors (Lipinski definition) is 4. The van der Waals surface area contributed by atoms with Crippen molar-refractivity contribution in [2.75, 3.05) is 18.1 Å². The zero-order chi connectivity index (χ0) is 28.0. The quantitative estimate of drug-likeness (QED) is 0.229. The van der Waals surface area contributed by atoms with Gasteiger partial charge in [0.25, 0.3) is 0 Å². The number of aromatic nitrogens is 1. The Morgan fingerprint density at radius 2 is 1.59 bits per heavy atom. The van der Waals surface area contributed by atoms with Gasteiger partial charge in [-0.1, -0.05) is 31.2 Å². The standard InChI is InChI=1S/C29H34F2N4O3S/c1-2-20-4-3-5-22(10-20)15-33-17-27(36)26(13-23-11-24(30)14-25(31)12-23)35-29(38)19-39-18-28(37)34-16-21-6-8-32-9-7-21/h3-12,14,26-27,33,36H,2,13,15-19H2,1H3,(H,34,37)(H,35,38)/t26-,27+/m0/s1. The fourth-order valence-electron chi connectivity index (χ4n) is 3.97. The Hall–Kier alpha value is -3.34. The van der Waals surface area contributed by atoms with E-state index in [1.165, 1.54) is 17.7 Å². The van der Waals surface area contributed by atoms with Crippen LogP contribution in [0.5, 0.6) is 0 Å². The third-order valence-electron chi connectivity index (χ3n) is 5.98. The van der Waals surface area contributed by atoms with E-state index in [-0.39, 0.29) is 30.4 Å². The molecule has 0 saturated heterocycles. The molecule has 7 nitrogen and oxygen atoms in total. The van der Waals surface area contributed by atoms with Crippen LogP contribution in [0.4, 0.5) is 8.78 Å². The number of thioether (sulfide) groups is 1. The van der Waals surface area contributed by atoms with Crippen LogP contribution >= 0.6 is 11.8 Å². The largest absolute Gasteiger partial charge is 0.390 e. The number of pyridine rings is 1. The Labute approximate surface area is 231 Å². The predicted octanol–water partition coefficient (Wildman–Crippen LogP) is 3.15. The van der Waals surface area contributed by atoms with E-state index in [9.17, 15) is 23.5 Å². The minimum absolute atomic E-state index is 0.0132. The van der Waals surface area contributed by atoms with Crippen molar-refractivity contribution in [1.29, 1.82) is 0 Å². The molecule has 0 aliphatic heterocycles. The van der Waals surface area contributed by atoms with Gasteiger partial charge in [-0.15, -0.1) is 11.8 Å². The highest BCUT2D eigenvalue weighted by Crippen LogP contribution is 2.13. The van der Waals surface area contributed by atoms with Crippen molar-refractivity contribution in [3.05, 3.63) is 101 Å². The van der Waals surface area contributed by atoms with Crippen LogP contribution in [-0.4, -0.2) is 52.1 Å². The number of amides is 2. The zero-order valence-electron chi connectivity index (χ0n) is 21.8. The summed E-state index contributed by atoms with van der Waals surface area (Å²) < 4.78 is 27.5. The minimum Gasteiger partial charge on any atom is -0.390 e. The molecule has 3 rings (SSSR count). The molecular formula is C29H34F2N4O3S. The molecule has 3 aromatic rings. The summed E-state index contributed by atoms with van der Waals surface area (Å²) in [6, 6.07) is 14.0. The molecule has 2 amide bonds. The van der Waals surface area contributed by atoms with Crippen LogP contribution in [0.15, 0.2) is 67.0 Å². The molecular weight excluding hydrogens is 522 g/mol. The van der Waals surface area contributed by atoms with Crippen molar-refractivity contribution in [3.63, 3.8) is 0 Å². The molecule has 0 saturated carbocycles. The maximum Gasteiger partial charge on any atom is 0.230 e. The average molecular weight is 557 g/mol. The lowest BCUT2D eigenvalue weighted by Crippen LogP contribution is -2.49. The number of aliphatic hydroxyl groups excluding tert-OH is 1. The van der Waals surface area contributed by atoms with Crippen molar-refractivity contribution >= 4 is 23.6 Å². The number of aliphatic hydroxyl groups is 1. The topological polar surface area (TPSA) is 103 Å². The normalized spacial score (nSPS) is 12.5. The number of carbonyl (C=O) groups excluding carboxylic acids is 2. The molecule has 0 aliphatic rings. The summed E-state index contributed by atoms with van der Waals surface area (Å²) in [5.74, 6) is -2.00. The zero-order valence-corrected chi connectivity index (χ0v) is 22.6. The number of benzene rings is 2. The monoisotopic (exact) mass is 556 g/mol. The van der Waals surface area contributed by atoms with Crippen LogP contribution < -0.4 is 16.0 Å². The molecule has 2 atom stereocenters. The third kappa shape index (κ3) is 11.1. The van der Waals surface area contributed by atoms with Gasteiger partial charge in [-0.2, -0.15) is 0 Å². The lowest BCUT2D eigenvalue weighted by atomic mass is 10.0. The van der Waals surface area contributed by atoms with Gasteiger partial charge in [0.1, 0.15) is 11.6 Å². The Bertz CT molecular complexity index is 1200. The summed E-state index contributed by atoms with van der Waals surface area (Å²) in [6.45, 7) is 3.11. The molecule has 39 heavy (non-hydrogen) atoms. The molecule has 10 heteroatoms. The van der Waals surface area contributed by atoms with E-state index >= 15 is 0 Å². The lowest BCUT2D eigenvalue weighted by Gasteiger charge is -2.25. The van der Waals surface area contributed by atoms with E-state index in [1.54, 1.807) is 24.5 Å². The molecule has 0 radical (unpaired) electrons. The van der Waals surface area contributed by atoms with Crippen LogP contribution in [0.3, 0.4) is 0 Å². The molecule has 0 spiro atoms. The first kappa shape index (κ1) is 30.2. The molecule has 4 N–H and O–H groups in total. The van der Waals surface area contributed by atoms with E-state index < -0.39 is 29.7 Å². The second kappa shape index (κ2) is 15.9. The second-order valence-electron chi connectivity index (χ2n) is 9.15. The van der Waals surface area contributed by atoms with Crippen LogP contribution in [0, 0.1) is 11.6 Å². The smallest absolute Gasteiger partial charge is 0.230 e. The van der Waals surface area contributed by atoms with Crippen molar-refractivity contribution < 1.29 is 23.5 Å². The Kier molecular flexibility index (Phi) is 12.3. The molecule has 0 aliphatic carbocycles. The SMILES string of the molecule is CCc1cccc(CNC[C@@H](O)[C@H](Cc2cc(F)cc(F)c2)NC(=O)CSCC(=O)NCc2ccncc2)c1. The van der Waals surface area contributed by atoms with E-state index in [0.29, 0.717) is 18.7 Å². The number of rotatable bonds is 15. The van der Waals surface area contributed by atoms with E-state index in [2.05, 4.69) is 33.9 Å². The summed E-state index contributed by atoms with van der Waals surface area (Å²) >= 11 is 1.13. The maximum atomic E-state index is 13.8. The highest BCUT2D eigenvalue weighted by atomic mass is 32.2. The van der Waals surface area contributed by atoms with Gasteiger partial charge in [-0.05, 0) is 59.4 Å².